The lowest BCUT2D eigenvalue weighted by Gasteiger charge is -2.27. The average Bonchev–Trinajstić information content (AvgIpc) is 2.74. The van der Waals surface area contributed by atoms with Crippen molar-refractivity contribution in [1.82, 2.24) is 4.90 Å². The molecule has 0 unspecified atom stereocenters. The second-order valence-corrected chi connectivity index (χ2v) is 6.17. The second kappa shape index (κ2) is 5.87. The zero-order valence-electron chi connectivity index (χ0n) is 9.94. The number of furan rings is 1. The minimum atomic E-state index is -0.630. The summed E-state index contributed by atoms with van der Waals surface area (Å²) in [5.74, 6) is 0.664. The van der Waals surface area contributed by atoms with Gasteiger partial charge in [-0.2, -0.15) is 5.26 Å². The Morgan fingerprint density at radius 3 is 2.82 bits per heavy atom. The predicted octanol–water partition coefficient (Wildman–Crippen LogP) is 2.70. The van der Waals surface area contributed by atoms with Crippen LogP contribution in [0.25, 0.3) is 0 Å². The fourth-order valence-electron chi connectivity index (χ4n) is 1.40. The first kappa shape index (κ1) is 13.8. The smallest absolute Gasteiger partial charge is 0.239 e. The third-order valence-electron chi connectivity index (χ3n) is 2.22. The summed E-state index contributed by atoms with van der Waals surface area (Å²) in [6.07, 6.45) is 1.89. The molecule has 1 rings (SSSR count). The molecule has 0 spiro atoms. The lowest BCUT2D eigenvalue weighted by atomic mass is 10.1. The summed E-state index contributed by atoms with van der Waals surface area (Å²) in [7, 11) is 0. The van der Waals surface area contributed by atoms with Gasteiger partial charge in [-0.3, -0.25) is 4.79 Å². The van der Waals surface area contributed by atoms with E-state index in [9.17, 15) is 4.79 Å². The van der Waals surface area contributed by atoms with Crippen LogP contribution < -0.4 is 0 Å². The number of nitriles is 1. The summed E-state index contributed by atoms with van der Waals surface area (Å²) in [4.78, 5) is 13.7. The lowest BCUT2D eigenvalue weighted by Crippen LogP contribution is -2.41. The molecule has 4 nitrogen and oxygen atoms in total. The van der Waals surface area contributed by atoms with Crippen LogP contribution in [0.15, 0.2) is 22.8 Å². The number of alkyl halides is 1. The van der Waals surface area contributed by atoms with Crippen molar-refractivity contribution in [3.63, 3.8) is 0 Å². The van der Waals surface area contributed by atoms with Crippen molar-refractivity contribution in [1.29, 1.82) is 5.26 Å². The van der Waals surface area contributed by atoms with Crippen LogP contribution >= 0.6 is 15.9 Å². The Hall–Kier alpha value is -1.28. The quantitative estimate of drug-likeness (QED) is 0.785. The van der Waals surface area contributed by atoms with E-state index in [0.717, 1.165) is 0 Å². The SMILES string of the molecule is CC(C)(Br)C(=O)N(CCC#N)Cc1ccco1. The Morgan fingerprint density at radius 2 is 2.35 bits per heavy atom. The summed E-state index contributed by atoms with van der Waals surface area (Å²) in [5, 5.41) is 8.60. The van der Waals surface area contributed by atoms with Gasteiger partial charge < -0.3 is 9.32 Å². The van der Waals surface area contributed by atoms with E-state index in [1.54, 1.807) is 31.1 Å². The maximum Gasteiger partial charge on any atom is 0.239 e. The van der Waals surface area contributed by atoms with E-state index in [4.69, 9.17) is 9.68 Å². The number of carbonyl (C=O) groups excluding carboxylic acids is 1. The molecular formula is C12H15BrN2O2. The first-order chi connectivity index (χ1) is 7.95. The van der Waals surface area contributed by atoms with Crippen LogP contribution in [0.3, 0.4) is 0 Å². The van der Waals surface area contributed by atoms with Crippen molar-refractivity contribution < 1.29 is 9.21 Å². The van der Waals surface area contributed by atoms with Crippen molar-refractivity contribution in [2.75, 3.05) is 6.54 Å². The molecule has 0 atom stereocenters. The molecule has 5 heteroatoms. The van der Waals surface area contributed by atoms with Gasteiger partial charge in [-0.25, -0.2) is 0 Å². The summed E-state index contributed by atoms with van der Waals surface area (Å²) in [6, 6.07) is 5.64. The first-order valence-electron chi connectivity index (χ1n) is 5.33. The van der Waals surface area contributed by atoms with Crippen molar-refractivity contribution in [3.8, 4) is 6.07 Å². The number of amides is 1. The summed E-state index contributed by atoms with van der Waals surface area (Å²) >= 11 is 3.34. The number of hydrogen-bond acceptors (Lipinski definition) is 3. The first-order valence-corrected chi connectivity index (χ1v) is 6.12. The van der Waals surface area contributed by atoms with E-state index in [1.807, 2.05) is 12.1 Å². The minimum absolute atomic E-state index is 0.0517. The maximum absolute atomic E-state index is 12.1. The molecule has 1 aromatic heterocycles. The molecule has 0 bridgehead atoms. The lowest BCUT2D eigenvalue weighted by molar-refractivity contribution is -0.133. The molecule has 0 aromatic carbocycles. The Bertz CT molecular complexity index is 401. The van der Waals surface area contributed by atoms with Crippen LogP contribution in [0.2, 0.25) is 0 Å². The molecule has 0 N–H and O–H groups in total. The van der Waals surface area contributed by atoms with E-state index in [0.29, 0.717) is 25.3 Å². The van der Waals surface area contributed by atoms with Crippen LogP contribution in [-0.4, -0.2) is 21.7 Å². The number of nitrogens with zero attached hydrogens (tertiary/aromatic N) is 2. The van der Waals surface area contributed by atoms with E-state index in [1.165, 1.54) is 0 Å². The Kier molecular flexibility index (Phi) is 4.76. The third kappa shape index (κ3) is 4.23. The number of carbonyl (C=O) groups is 1. The van der Waals surface area contributed by atoms with Crippen LogP contribution in [-0.2, 0) is 11.3 Å². The van der Waals surface area contributed by atoms with Gasteiger partial charge in [0.1, 0.15) is 5.76 Å². The van der Waals surface area contributed by atoms with Crippen LogP contribution in [0, 0.1) is 11.3 Å². The summed E-state index contributed by atoms with van der Waals surface area (Å²) < 4.78 is 4.58. The molecular weight excluding hydrogens is 284 g/mol. The highest BCUT2D eigenvalue weighted by Crippen LogP contribution is 2.21. The minimum Gasteiger partial charge on any atom is -0.467 e. The Balaban J connectivity index is 2.74. The summed E-state index contributed by atoms with van der Waals surface area (Å²) in [6.45, 7) is 4.38. The molecule has 0 saturated heterocycles. The molecule has 0 fully saturated rings. The van der Waals surface area contributed by atoms with Gasteiger partial charge in [0.15, 0.2) is 0 Å². The van der Waals surface area contributed by atoms with Crippen LogP contribution in [0.4, 0.5) is 0 Å². The van der Waals surface area contributed by atoms with Crippen molar-refractivity contribution in [2.45, 2.75) is 31.1 Å². The van der Waals surface area contributed by atoms with Crippen LogP contribution in [0.1, 0.15) is 26.0 Å². The molecule has 1 amide bonds. The molecule has 1 heterocycles. The highest BCUT2D eigenvalue weighted by atomic mass is 79.9. The van der Waals surface area contributed by atoms with Gasteiger partial charge in [-0.1, -0.05) is 15.9 Å². The number of halogens is 1. The largest absolute Gasteiger partial charge is 0.467 e. The zero-order valence-corrected chi connectivity index (χ0v) is 11.5. The average molecular weight is 299 g/mol. The van der Waals surface area contributed by atoms with Gasteiger partial charge in [0.05, 0.1) is 29.6 Å². The number of hydrogen-bond donors (Lipinski definition) is 0. The van der Waals surface area contributed by atoms with Crippen molar-refractivity contribution in [2.24, 2.45) is 0 Å². The second-order valence-electron chi connectivity index (χ2n) is 4.19. The van der Waals surface area contributed by atoms with Crippen molar-refractivity contribution >= 4 is 21.8 Å². The molecule has 0 aliphatic heterocycles. The van der Waals surface area contributed by atoms with E-state index < -0.39 is 4.32 Å². The fraction of sp³-hybridized carbons (Fsp3) is 0.500. The van der Waals surface area contributed by atoms with Gasteiger partial charge in [-0.05, 0) is 26.0 Å². The van der Waals surface area contributed by atoms with E-state index in [-0.39, 0.29) is 5.91 Å². The van der Waals surface area contributed by atoms with Gasteiger partial charge in [-0.15, -0.1) is 0 Å². The molecule has 0 radical (unpaired) electrons. The monoisotopic (exact) mass is 298 g/mol. The normalized spacial score (nSPS) is 10.9. The number of rotatable bonds is 5. The summed E-state index contributed by atoms with van der Waals surface area (Å²) in [5.41, 5.74) is 0. The van der Waals surface area contributed by atoms with Gasteiger partial charge in [0.2, 0.25) is 5.91 Å². The van der Waals surface area contributed by atoms with E-state index in [2.05, 4.69) is 15.9 Å². The third-order valence-corrected chi connectivity index (χ3v) is 2.56. The molecule has 1 aromatic rings. The molecule has 0 aliphatic rings. The standard InChI is InChI=1S/C12H15BrN2O2/c1-12(2,13)11(16)15(7-4-6-14)9-10-5-3-8-17-10/h3,5,8H,4,7,9H2,1-2H3. The Morgan fingerprint density at radius 1 is 1.65 bits per heavy atom. The molecule has 17 heavy (non-hydrogen) atoms. The van der Waals surface area contributed by atoms with Crippen molar-refractivity contribution in [3.05, 3.63) is 24.2 Å². The maximum atomic E-state index is 12.1. The fourth-order valence-corrected chi connectivity index (χ4v) is 1.65. The van der Waals surface area contributed by atoms with Gasteiger partial charge in [0.25, 0.3) is 0 Å². The predicted molar refractivity (Wildman–Crippen MR) is 67.4 cm³/mol. The van der Waals surface area contributed by atoms with Gasteiger partial charge >= 0.3 is 0 Å². The molecule has 92 valence electrons. The van der Waals surface area contributed by atoms with Crippen LogP contribution in [0.5, 0.6) is 0 Å². The zero-order chi connectivity index (χ0) is 12.9. The Labute approximate surface area is 109 Å². The topological polar surface area (TPSA) is 57.2 Å². The van der Waals surface area contributed by atoms with E-state index >= 15 is 0 Å². The highest BCUT2D eigenvalue weighted by molar-refractivity contribution is 9.10. The highest BCUT2D eigenvalue weighted by Gasteiger charge is 2.29. The molecule has 0 aliphatic carbocycles. The molecule has 0 saturated carbocycles. The van der Waals surface area contributed by atoms with Gasteiger partial charge in [0, 0.05) is 6.54 Å².